The van der Waals surface area contributed by atoms with Gasteiger partial charge in [0.05, 0.1) is 0 Å². The number of nitrogens with one attached hydrogen (secondary N) is 2. The average Bonchev–Trinajstić information content (AvgIpc) is 2.72. The summed E-state index contributed by atoms with van der Waals surface area (Å²) < 4.78 is 0. The molecule has 1 aliphatic rings. The molecule has 2 rings (SSSR count). The van der Waals surface area contributed by atoms with Gasteiger partial charge in [0.2, 0.25) is 5.91 Å². The van der Waals surface area contributed by atoms with Gasteiger partial charge in [0.25, 0.3) is 0 Å². The molecule has 0 radical (unpaired) electrons. The van der Waals surface area contributed by atoms with Crippen LogP contribution in [0.5, 0.6) is 0 Å². The highest BCUT2D eigenvalue weighted by Crippen LogP contribution is 2.22. The van der Waals surface area contributed by atoms with E-state index in [4.69, 9.17) is 11.6 Å². The van der Waals surface area contributed by atoms with Crippen molar-refractivity contribution in [1.82, 2.24) is 5.32 Å². The predicted octanol–water partition coefficient (Wildman–Crippen LogP) is 4.29. The fourth-order valence-electron chi connectivity index (χ4n) is 2.83. The summed E-state index contributed by atoms with van der Waals surface area (Å²) in [5.74, 6) is 0.147. The Balaban J connectivity index is 1.72. The van der Waals surface area contributed by atoms with E-state index in [1.54, 1.807) is 0 Å². The topological polar surface area (TPSA) is 41.1 Å². The molecular formula is C17H25ClN2O. The third kappa shape index (κ3) is 5.24. The lowest BCUT2D eigenvalue weighted by molar-refractivity contribution is -0.121. The zero-order valence-corrected chi connectivity index (χ0v) is 13.5. The molecule has 3 nitrogen and oxygen atoms in total. The van der Waals surface area contributed by atoms with Gasteiger partial charge in [-0.1, -0.05) is 43.4 Å². The molecule has 0 bridgehead atoms. The highest BCUT2D eigenvalue weighted by molar-refractivity contribution is 6.31. The Bertz CT molecular complexity index is 468. The molecule has 0 aromatic heterocycles. The zero-order valence-electron chi connectivity index (χ0n) is 12.8. The first kappa shape index (κ1) is 16.2. The fourth-order valence-corrected chi connectivity index (χ4v) is 3.01. The Kier molecular flexibility index (Phi) is 6.37. The summed E-state index contributed by atoms with van der Waals surface area (Å²) in [7, 11) is 0. The number of rotatable bonds is 5. The van der Waals surface area contributed by atoms with Crippen molar-refractivity contribution in [2.24, 2.45) is 0 Å². The lowest BCUT2D eigenvalue weighted by atomic mass is 10.1. The van der Waals surface area contributed by atoms with E-state index >= 15 is 0 Å². The summed E-state index contributed by atoms with van der Waals surface area (Å²) in [6.07, 6.45) is 7.86. The van der Waals surface area contributed by atoms with E-state index in [0.717, 1.165) is 29.1 Å². The van der Waals surface area contributed by atoms with Crippen LogP contribution >= 0.6 is 11.6 Å². The van der Waals surface area contributed by atoms with Gasteiger partial charge < -0.3 is 10.6 Å². The Hall–Kier alpha value is -1.22. The number of hydrogen-bond acceptors (Lipinski definition) is 2. The standard InChI is InChI=1S/C17H25ClN2O/c1-13-15(18)9-6-10-16(13)19-12-11-17(21)20-14-7-4-2-3-5-8-14/h6,9-10,14,19H,2-5,7-8,11-12H2,1H3,(H,20,21). The Labute approximate surface area is 132 Å². The van der Waals surface area contributed by atoms with E-state index < -0.39 is 0 Å². The number of amides is 1. The maximum atomic E-state index is 12.0. The van der Waals surface area contributed by atoms with Crippen LogP contribution in [0, 0.1) is 6.92 Å². The SMILES string of the molecule is Cc1c(Cl)cccc1NCCC(=O)NC1CCCCCC1. The smallest absolute Gasteiger partial charge is 0.221 e. The van der Waals surface area contributed by atoms with Crippen LogP contribution in [0.3, 0.4) is 0 Å². The quantitative estimate of drug-likeness (QED) is 0.797. The molecule has 0 spiro atoms. The van der Waals surface area contributed by atoms with Crippen LogP contribution < -0.4 is 10.6 Å². The van der Waals surface area contributed by atoms with Crippen LogP contribution in [0.1, 0.15) is 50.5 Å². The summed E-state index contributed by atoms with van der Waals surface area (Å²) in [6.45, 7) is 2.62. The van der Waals surface area contributed by atoms with Crippen LogP contribution in [-0.2, 0) is 4.79 Å². The van der Waals surface area contributed by atoms with Crippen molar-refractivity contribution in [1.29, 1.82) is 0 Å². The van der Waals surface area contributed by atoms with Gasteiger partial charge in [-0.2, -0.15) is 0 Å². The van der Waals surface area contributed by atoms with Crippen molar-refractivity contribution < 1.29 is 4.79 Å². The summed E-state index contributed by atoms with van der Waals surface area (Å²) >= 11 is 6.08. The van der Waals surface area contributed by atoms with E-state index in [9.17, 15) is 4.79 Å². The number of carbonyl (C=O) groups is 1. The molecule has 2 N–H and O–H groups in total. The Morgan fingerprint density at radius 1 is 1.24 bits per heavy atom. The molecule has 1 fully saturated rings. The number of hydrogen-bond donors (Lipinski definition) is 2. The molecule has 0 atom stereocenters. The van der Waals surface area contributed by atoms with Crippen LogP contribution in [0.2, 0.25) is 5.02 Å². The molecule has 0 heterocycles. The molecule has 1 saturated carbocycles. The van der Waals surface area contributed by atoms with E-state index in [1.165, 1.54) is 25.7 Å². The minimum atomic E-state index is 0.147. The number of halogens is 1. The molecule has 0 saturated heterocycles. The van der Waals surface area contributed by atoms with Crippen LogP contribution in [0.15, 0.2) is 18.2 Å². The normalized spacial score (nSPS) is 16.3. The molecule has 0 unspecified atom stereocenters. The number of benzene rings is 1. The van der Waals surface area contributed by atoms with Gasteiger partial charge in [-0.15, -0.1) is 0 Å². The van der Waals surface area contributed by atoms with Crippen LogP contribution in [-0.4, -0.2) is 18.5 Å². The van der Waals surface area contributed by atoms with Gasteiger partial charge in [-0.3, -0.25) is 4.79 Å². The zero-order chi connectivity index (χ0) is 15.1. The maximum absolute atomic E-state index is 12.0. The third-order valence-electron chi connectivity index (χ3n) is 4.16. The van der Waals surface area contributed by atoms with Crippen molar-refractivity contribution in [2.75, 3.05) is 11.9 Å². The second-order valence-corrected chi connectivity index (χ2v) is 6.25. The van der Waals surface area contributed by atoms with Crippen molar-refractivity contribution in [3.63, 3.8) is 0 Å². The molecule has 1 aromatic rings. The predicted molar refractivity (Wildman–Crippen MR) is 88.9 cm³/mol. The van der Waals surface area contributed by atoms with Gasteiger partial charge in [0.1, 0.15) is 0 Å². The van der Waals surface area contributed by atoms with E-state index in [0.29, 0.717) is 19.0 Å². The lowest BCUT2D eigenvalue weighted by Gasteiger charge is -2.16. The van der Waals surface area contributed by atoms with Crippen molar-refractivity contribution >= 4 is 23.2 Å². The minimum absolute atomic E-state index is 0.147. The third-order valence-corrected chi connectivity index (χ3v) is 4.56. The van der Waals surface area contributed by atoms with Crippen molar-refractivity contribution in [3.8, 4) is 0 Å². The van der Waals surface area contributed by atoms with E-state index in [2.05, 4.69) is 10.6 Å². The first-order valence-corrected chi connectivity index (χ1v) is 8.33. The molecule has 1 amide bonds. The second-order valence-electron chi connectivity index (χ2n) is 5.85. The summed E-state index contributed by atoms with van der Waals surface area (Å²) in [5, 5.41) is 7.21. The molecule has 21 heavy (non-hydrogen) atoms. The number of anilines is 1. The molecule has 1 aliphatic carbocycles. The second kappa shape index (κ2) is 8.28. The highest BCUT2D eigenvalue weighted by Gasteiger charge is 2.14. The van der Waals surface area contributed by atoms with Gasteiger partial charge >= 0.3 is 0 Å². The first-order valence-electron chi connectivity index (χ1n) is 7.95. The first-order chi connectivity index (χ1) is 10.2. The lowest BCUT2D eigenvalue weighted by Crippen LogP contribution is -2.35. The van der Waals surface area contributed by atoms with Gasteiger partial charge in [0.15, 0.2) is 0 Å². The van der Waals surface area contributed by atoms with Gasteiger partial charge in [0, 0.05) is 29.7 Å². The van der Waals surface area contributed by atoms with Crippen molar-refractivity contribution in [3.05, 3.63) is 28.8 Å². The minimum Gasteiger partial charge on any atom is -0.384 e. The Morgan fingerprint density at radius 2 is 1.95 bits per heavy atom. The van der Waals surface area contributed by atoms with Gasteiger partial charge in [-0.25, -0.2) is 0 Å². The Morgan fingerprint density at radius 3 is 2.67 bits per heavy atom. The van der Waals surface area contributed by atoms with Crippen LogP contribution in [0.4, 0.5) is 5.69 Å². The average molecular weight is 309 g/mol. The maximum Gasteiger partial charge on any atom is 0.221 e. The largest absolute Gasteiger partial charge is 0.384 e. The number of carbonyl (C=O) groups excluding carboxylic acids is 1. The molecule has 4 heteroatoms. The van der Waals surface area contributed by atoms with E-state index in [-0.39, 0.29) is 5.91 Å². The summed E-state index contributed by atoms with van der Waals surface area (Å²) in [6, 6.07) is 6.17. The highest BCUT2D eigenvalue weighted by atomic mass is 35.5. The summed E-state index contributed by atoms with van der Waals surface area (Å²) in [4.78, 5) is 12.0. The van der Waals surface area contributed by atoms with Crippen LogP contribution in [0.25, 0.3) is 0 Å². The van der Waals surface area contributed by atoms with E-state index in [1.807, 2.05) is 25.1 Å². The monoisotopic (exact) mass is 308 g/mol. The van der Waals surface area contributed by atoms with Crippen molar-refractivity contribution in [2.45, 2.75) is 57.9 Å². The molecule has 1 aromatic carbocycles. The molecular weight excluding hydrogens is 284 g/mol. The molecule has 116 valence electrons. The fraction of sp³-hybridized carbons (Fsp3) is 0.588. The summed E-state index contributed by atoms with van der Waals surface area (Å²) in [5.41, 5.74) is 2.04. The van der Waals surface area contributed by atoms with Gasteiger partial charge in [-0.05, 0) is 37.5 Å². The molecule has 0 aliphatic heterocycles.